The molecule has 0 radical (unpaired) electrons. The maximum Gasteiger partial charge on any atom is 0.255 e. The van der Waals surface area contributed by atoms with E-state index in [4.69, 9.17) is 5.11 Å². The highest BCUT2D eigenvalue weighted by Crippen LogP contribution is 2.16. The smallest absolute Gasteiger partial charge is 0.255 e. The quantitative estimate of drug-likeness (QED) is 0.850. The molecule has 0 fully saturated rings. The van der Waals surface area contributed by atoms with Gasteiger partial charge in [0, 0.05) is 11.3 Å². The molecule has 0 saturated carbocycles. The minimum absolute atomic E-state index is 0.136. The summed E-state index contributed by atoms with van der Waals surface area (Å²) in [6, 6.07) is 7.47. The second-order valence-electron chi connectivity index (χ2n) is 4.06. The Balaban J connectivity index is 2.19. The average Bonchev–Trinajstić information content (AvgIpc) is 2.45. The molecule has 0 aliphatic heterocycles. The SMILES string of the molecule is O=C(Nc1ccc(CO)cc1)c1cc(F)c(F)c(F)c1. The zero-order valence-electron chi connectivity index (χ0n) is 10.2. The summed E-state index contributed by atoms with van der Waals surface area (Å²) in [4.78, 5) is 11.8. The number of halogens is 3. The minimum atomic E-state index is -1.62. The van der Waals surface area contributed by atoms with Crippen LogP contribution in [0.4, 0.5) is 18.9 Å². The summed E-state index contributed by atoms with van der Waals surface area (Å²) in [5, 5.41) is 11.3. The molecular weight excluding hydrogens is 271 g/mol. The molecule has 6 heteroatoms. The Morgan fingerprint density at radius 3 is 2.10 bits per heavy atom. The summed E-state index contributed by atoms with van der Waals surface area (Å²) < 4.78 is 38.8. The fraction of sp³-hybridized carbons (Fsp3) is 0.0714. The van der Waals surface area contributed by atoms with Crippen molar-refractivity contribution in [2.45, 2.75) is 6.61 Å². The zero-order valence-corrected chi connectivity index (χ0v) is 10.2. The van der Waals surface area contributed by atoms with Crippen molar-refractivity contribution in [3.63, 3.8) is 0 Å². The van der Waals surface area contributed by atoms with Crippen LogP contribution in [-0.2, 0) is 6.61 Å². The number of nitrogens with one attached hydrogen (secondary N) is 1. The van der Waals surface area contributed by atoms with Crippen molar-refractivity contribution < 1.29 is 23.1 Å². The van der Waals surface area contributed by atoms with Crippen molar-refractivity contribution in [3.05, 3.63) is 65.0 Å². The van der Waals surface area contributed by atoms with Crippen molar-refractivity contribution in [2.24, 2.45) is 0 Å². The molecule has 2 aromatic carbocycles. The Labute approximate surface area is 112 Å². The Morgan fingerprint density at radius 2 is 1.60 bits per heavy atom. The van der Waals surface area contributed by atoms with E-state index in [9.17, 15) is 18.0 Å². The van der Waals surface area contributed by atoms with Crippen molar-refractivity contribution in [1.82, 2.24) is 0 Å². The molecule has 0 spiro atoms. The van der Waals surface area contributed by atoms with Gasteiger partial charge in [0.2, 0.25) is 0 Å². The maximum atomic E-state index is 13.0. The third kappa shape index (κ3) is 2.97. The van der Waals surface area contributed by atoms with Gasteiger partial charge in [-0.25, -0.2) is 13.2 Å². The molecule has 2 N–H and O–H groups in total. The molecule has 20 heavy (non-hydrogen) atoms. The number of aliphatic hydroxyl groups excluding tert-OH is 1. The van der Waals surface area contributed by atoms with E-state index in [1.807, 2.05) is 0 Å². The molecule has 0 aliphatic rings. The predicted octanol–water partition coefficient (Wildman–Crippen LogP) is 2.85. The second-order valence-corrected chi connectivity index (χ2v) is 4.06. The predicted molar refractivity (Wildman–Crippen MR) is 66.6 cm³/mol. The monoisotopic (exact) mass is 281 g/mol. The van der Waals surface area contributed by atoms with Crippen LogP contribution in [0.25, 0.3) is 0 Å². The van der Waals surface area contributed by atoms with E-state index in [2.05, 4.69) is 5.32 Å². The lowest BCUT2D eigenvalue weighted by Crippen LogP contribution is -2.13. The highest BCUT2D eigenvalue weighted by molar-refractivity contribution is 6.04. The van der Waals surface area contributed by atoms with Crippen molar-refractivity contribution in [1.29, 1.82) is 0 Å². The normalized spacial score (nSPS) is 10.4. The van der Waals surface area contributed by atoms with Gasteiger partial charge >= 0.3 is 0 Å². The molecule has 1 amide bonds. The van der Waals surface area contributed by atoms with Crippen LogP contribution < -0.4 is 5.32 Å². The Kier molecular flexibility index (Phi) is 4.05. The van der Waals surface area contributed by atoms with Gasteiger partial charge in [0.15, 0.2) is 17.5 Å². The van der Waals surface area contributed by atoms with E-state index >= 15 is 0 Å². The summed E-state index contributed by atoms with van der Waals surface area (Å²) in [5.41, 5.74) is 0.715. The molecule has 0 aliphatic carbocycles. The van der Waals surface area contributed by atoms with Gasteiger partial charge in [-0.1, -0.05) is 12.1 Å². The van der Waals surface area contributed by atoms with Gasteiger partial charge in [0.25, 0.3) is 5.91 Å². The van der Waals surface area contributed by atoms with Crippen LogP contribution in [0.2, 0.25) is 0 Å². The lowest BCUT2D eigenvalue weighted by molar-refractivity contribution is 0.102. The second kappa shape index (κ2) is 5.75. The van der Waals surface area contributed by atoms with Crippen LogP contribution >= 0.6 is 0 Å². The van der Waals surface area contributed by atoms with E-state index in [0.29, 0.717) is 23.4 Å². The van der Waals surface area contributed by atoms with Crippen LogP contribution in [0.3, 0.4) is 0 Å². The van der Waals surface area contributed by atoms with Crippen molar-refractivity contribution in [3.8, 4) is 0 Å². The van der Waals surface area contributed by atoms with E-state index in [1.54, 1.807) is 12.1 Å². The number of carbonyl (C=O) groups excluding carboxylic acids is 1. The molecular formula is C14H10F3NO2. The van der Waals surface area contributed by atoms with Crippen LogP contribution in [0.15, 0.2) is 36.4 Å². The Bertz CT molecular complexity index is 618. The van der Waals surface area contributed by atoms with Crippen molar-refractivity contribution >= 4 is 11.6 Å². The van der Waals surface area contributed by atoms with Crippen LogP contribution in [0.5, 0.6) is 0 Å². The average molecular weight is 281 g/mol. The summed E-state index contributed by atoms with van der Waals surface area (Å²) in [6.07, 6.45) is 0. The third-order valence-electron chi connectivity index (χ3n) is 2.64. The number of benzene rings is 2. The fourth-order valence-corrected chi connectivity index (χ4v) is 1.58. The molecule has 3 nitrogen and oxygen atoms in total. The van der Waals surface area contributed by atoms with E-state index < -0.39 is 23.4 Å². The summed E-state index contributed by atoms with van der Waals surface area (Å²) in [6.45, 7) is -0.136. The topological polar surface area (TPSA) is 49.3 Å². The molecule has 0 atom stereocenters. The first-order valence-corrected chi connectivity index (χ1v) is 5.67. The fourth-order valence-electron chi connectivity index (χ4n) is 1.58. The highest BCUT2D eigenvalue weighted by Gasteiger charge is 2.15. The minimum Gasteiger partial charge on any atom is -0.392 e. The standard InChI is InChI=1S/C14H10F3NO2/c15-11-5-9(6-12(16)13(11)17)14(20)18-10-3-1-8(7-19)2-4-10/h1-6,19H,7H2,(H,18,20). The van der Waals surface area contributed by atoms with E-state index in [0.717, 1.165) is 0 Å². The van der Waals surface area contributed by atoms with Gasteiger partial charge in [0.05, 0.1) is 6.61 Å². The van der Waals surface area contributed by atoms with Gasteiger partial charge in [-0.15, -0.1) is 0 Å². The third-order valence-corrected chi connectivity index (χ3v) is 2.64. The number of carbonyl (C=O) groups is 1. The number of rotatable bonds is 3. The maximum absolute atomic E-state index is 13.0. The first-order valence-electron chi connectivity index (χ1n) is 5.67. The molecule has 0 saturated heterocycles. The summed E-state index contributed by atoms with van der Waals surface area (Å²) >= 11 is 0. The van der Waals surface area contributed by atoms with E-state index in [-0.39, 0.29) is 12.2 Å². The molecule has 2 rings (SSSR count). The number of hydrogen-bond acceptors (Lipinski definition) is 2. The molecule has 0 heterocycles. The molecule has 104 valence electrons. The van der Waals surface area contributed by atoms with Crippen LogP contribution in [0.1, 0.15) is 15.9 Å². The summed E-state index contributed by atoms with van der Waals surface area (Å²) in [5.74, 6) is -5.23. The number of amides is 1. The lowest BCUT2D eigenvalue weighted by atomic mass is 10.1. The number of aliphatic hydroxyl groups is 1. The van der Waals surface area contributed by atoms with Crippen LogP contribution in [0, 0.1) is 17.5 Å². The first kappa shape index (κ1) is 14.1. The Hall–Kier alpha value is -2.34. The largest absolute Gasteiger partial charge is 0.392 e. The molecule has 0 bridgehead atoms. The van der Waals surface area contributed by atoms with Gasteiger partial charge in [-0.05, 0) is 29.8 Å². The lowest BCUT2D eigenvalue weighted by Gasteiger charge is -2.06. The van der Waals surface area contributed by atoms with Gasteiger partial charge < -0.3 is 10.4 Å². The molecule has 0 aromatic heterocycles. The number of anilines is 1. The highest BCUT2D eigenvalue weighted by atomic mass is 19.2. The van der Waals surface area contributed by atoms with Crippen molar-refractivity contribution in [2.75, 3.05) is 5.32 Å². The van der Waals surface area contributed by atoms with Gasteiger partial charge in [-0.2, -0.15) is 0 Å². The van der Waals surface area contributed by atoms with Crippen LogP contribution in [-0.4, -0.2) is 11.0 Å². The number of hydrogen-bond donors (Lipinski definition) is 2. The molecule has 0 unspecified atom stereocenters. The van der Waals surface area contributed by atoms with Gasteiger partial charge in [0.1, 0.15) is 0 Å². The molecule has 2 aromatic rings. The Morgan fingerprint density at radius 1 is 1.05 bits per heavy atom. The first-order chi connectivity index (χ1) is 9.51. The van der Waals surface area contributed by atoms with E-state index in [1.165, 1.54) is 12.1 Å². The van der Waals surface area contributed by atoms with Gasteiger partial charge in [-0.3, -0.25) is 4.79 Å². The zero-order chi connectivity index (χ0) is 14.7. The summed E-state index contributed by atoms with van der Waals surface area (Å²) in [7, 11) is 0.